The predicted molar refractivity (Wildman–Crippen MR) is 109 cm³/mol. The Balaban J connectivity index is 1.11. The third kappa shape index (κ3) is 3.09. The molecule has 2 saturated carbocycles. The number of carbonyl (C=O) groups excluding carboxylic acids is 1. The van der Waals surface area contributed by atoms with Gasteiger partial charge in [0.05, 0.1) is 23.8 Å². The van der Waals surface area contributed by atoms with E-state index in [1.54, 1.807) is 29.9 Å². The summed E-state index contributed by atoms with van der Waals surface area (Å²) in [7, 11) is 0. The van der Waals surface area contributed by atoms with Gasteiger partial charge in [0.15, 0.2) is 11.5 Å². The minimum Gasteiger partial charge on any atom is -0.355 e. The van der Waals surface area contributed by atoms with Crippen molar-refractivity contribution in [3.8, 4) is 0 Å². The van der Waals surface area contributed by atoms with Crippen LogP contribution < -0.4 is 15.5 Å². The Labute approximate surface area is 172 Å². The lowest BCUT2D eigenvalue weighted by molar-refractivity contribution is 0.102. The second-order valence-corrected chi connectivity index (χ2v) is 8.60. The molecule has 6 rings (SSSR count). The van der Waals surface area contributed by atoms with Crippen molar-refractivity contribution < 1.29 is 9.18 Å². The lowest BCUT2D eigenvalue weighted by Gasteiger charge is -2.20. The minimum absolute atomic E-state index is 0.193. The molecule has 9 heteroatoms. The number of aromatic nitrogens is 4. The average molecular weight is 407 g/mol. The molecule has 0 aromatic carbocycles. The number of piperidine rings is 1. The smallest absolute Gasteiger partial charge is 0.275 e. The highest BCUT2D eigenvalue weighted by Crippen LogP contribution is 2.47. The van der Waals surface area contributed by atoms with E-state index in [1.165, 1.54) is 25.1 Å². The molecule has 3 aromatic rings. The maximum absolute atomic E-state index is 14.2. The molecule has 154 valence electrons. The van der Waals surface area contributed by atoms with Crippen molar-refractivity contribution in [3.05, 3.63) is 48.1 Å². The number of amides is 1. The number of hydrogen-bond donors (Lipinski definition) is 2. The van der Waals surface area contributed by atoms with Crippen LogP contribution in [0.3, 0.4) is 0 Å². The largest absolute Gasteiger partial charge is 0.355 e. The molecular weight excluding hydrogens is 385 g/mol. The van der Waals surface area contributed by atoms with E-state index in [2.05, 4.69) is 30.5 Å². The Hall–Kier alpha value is -3.07. The van der Waals surface area contributed by atoms with Crippen LogP contribution in [0.25, 0.3) is 5.65 Å². The molecule has 0 spiro atoms. The number of nitrogens with one attached hydrogen (secondary N) is 2. The molecule has 3 aliphatic rings. The van der Waals surface area contributed by atoms with E-state index < -0.39 is 11.7 Å². The van der Waals surface area contributed by atoms with Crippen LogP contribution in [0.5, 0.6) is 0 Å². The molecule has 1 aliphatic heterocycles. The number of rotatable bonds is 5. The molecule has 30 heavy (non-hydrogen) atoms. The normalized spacial score (nSPS) is 24.9. The van der Waals surface area contributed by atoms with Gasteiger partial charge in [-0.2, -0.15) is 0 Å². The van der Waals surface area contributed by atoms with Crippen molar-refractivity contribution in [2.45, 2.75) is 31.8 Å². The lowest BCUT2D eigenvalue weighted by atomic mass is 10.3. The van der Waals surface area contributed by atoms with E-state index in [-0.39, 0.29) is 11.3 Å². The van der Waals surface area contributed by atoms with Gasteiger partial charge in [-0.3, -0.25) is 4.79 Å². The number of carbonyl (C=O) groups is 1. The number of nitrogens with zero attached hydrogens (tertiary/aromatic N) is 5. The summed E-state index contributed by atoms with van der Waals surface area (Å²) in [6.07, 6.45) is 9.08. The van der Waals surface area contributed by atoms with E-state index in [4.69, 9.17) is 0 Å². The molecule has 1 amide bonds. The Kier molecular flexibility index (Phi) is 3.83. The number of fused-ring (bicyclic) bond motifs is 2. The van der Waals surface area contributed by atoms with Crippen molar-refractivity contribution >= 4 is 23.1 Å². The van der Waals surface area contributed by atoms with Crippen LogP contribution in [0.1, 0.15) is 29.0 Å². The van der Waals surface area contributed by atoms with Crippen molar-refractivity contribution in [2.24, 2.45) is 11.8 Å². The van der Waals surface area contributed by atoms with Crippen LogP contribution in [-0.2, 0) is 0 Å². The molecule has 1 unspecified atom stereocenters. The number of halogens is 1. The number of aryl methyl sites for hydroxylation is 1. The Bertz CT molecular complexity index is 1130. The molecule has 8 nitrogen and oxygen atoms in total. The van der Waals surface area contributed by atoms with Crippen molar-refractivity contribution in [3.63, 3.8) is 0 Å². The van der Waals surface area contributed by atoms with Crippen LogP contribution >= 0.6 is 0 Å². The molecule has 0 radical (unpaired) electrons. The molecule has 2 N–H and O–H groups in total. The zero-order chi connectivity index (χ0) is 20.4. The van der Waals surface area contributed by atoms with E-state index in [0.29, 0.717) is 29.3 Å². The standard InChI is InChI=1S/C21H22FN7O/c1-11-7-29-8-13(4-16(22)20(29)25-11)27-21(30)17-5-24-18(6-23-17)28-9-14-15(10-28)19(14)26-12-2-3-12/h4-8,12,14-15,19,26H,2-3,9-10H2,1H3,(H,27,30)/t14-,15+,19?. The van der Waals surface area contributed by atoms with Crippen LogP contribution in [0.4, 0.5) is 15.9 Å². The number of pyridine rings is 1. The molecule has 2 aliphatic carbocycles. The highest BCUT2D eigenvalue weighted by molar-refractivity contribution is 6.02. The van der Waals surface area contributed by atoms with E-state index >= 15 is 0 Å². The zero-order valence-corrected chi connectivity index (χ0v) is 16.5. The third-order valence-corrected chi connectivity index (χ3v) is 6.28. The van der Waals surface area contributed by atoms with Gasteiger partial charge >= 0.3 is 0 Å². The summed E-state index contributed by atoms with van der Waals surface area (Å²) in [5.74, 6) is 1.27. The maximum Gasteiger partial charge on any atom is 0.275 e. The molecule has 3 fully saturated rings. The van der Waals surface area contributed by atoms with Gasteiger partial charge in [0.1, 0.15) is 11.5 Å². The highest BCUT2D eigenvalue weighted by atomic mass is 19.1. The summed E-state index contributed by atoms with van der Waals surface area (Å²) in [6, 6.07) is 2.67. The van der Waals surface area contributed by atoms with Crippen LogP contribution in [0, 0.1) is 24.6 Å². The Morgan fingerprint density at radius 1 is 1.17 bits per heavy atom. The van der Waals surface area contributed by atoms with Crippen molar-refractivity contribution in [1.82, 2.24) is 24.7 Å². The maximum atomic E-state index is 14.2. The minimum atomic E-state index is -0.496. The van der Waals surface area contributed by atoms with Crippen LogP contribution in [0.2, 0.25) is 0 Å². The fourth-order valence-electron chi connectivity index (χ4n) is 4.53. The summed E-state index contributed by atoms with van der Waals surface area (Å²) in [5.41, 5.74) is 1.46. The number of anilines is 2. The zero-order valence-electron chi connectivity index (χ0n) is 16.5. The fourth-order valence-corrected chi connectivity index (χ4v) is 4.53. The third-order valence-electron chi connectivity index (χ3n) is 6.28. The van der Waals surface area contributed by atoms with Gasteiger partial charge in [-0.1, -0.05) is 0 Å². The molecule has 3 atom stereocenters. The SMILES string of the molecule is Cc1cn2cc(NC(=O)c3cnc(N4C[C@@H]5C(NC6CC6)[C@@H]5C4)cn3)cc(F)c2n1. The quantitative estimate of drug-likeness (QED) is 0.673. The molecular formula is C21H22FN7O. The Morgan fingerprint density at radius 2 is 1.97 bits per heavy atom. The fraction of sp³-hybridized carbons (Fsp3) is 0.429. The van der Waals surface area contributed by atoms with Crippen molar-refractivity contribution in [2.75, 3.05) is 23.3 Å². The second kappa shape index (κ2) is 6.46. The first-order chi connectivity index (χ1) is 14.5. The second-order valence-electron chi connectivity index (χ2n) is 8.60. The molecule has 0 bridgehead atoms. The first-order valence-electron chi connectivity index (χ1n) is 10.3. The average Bonchev–Trinajstić information content (AvgIpc) is 3.56. The summed E-state index contributed by atoms with van der Waals surface area (Å²) in [5, 5.41) is 6.40. The number of hydrogen-bond acceptors (Lipinski definition) is 6. The van der Waals surface area contributed by atoms with Gasteiger partial charge in [-0.05, 0) is 31.6 Å². The summed E-state index contributed by atoms with van der Waals surface area (Å²) in [6.45, 7) is 3.76. The first kappa shape index (κ1) is 17.8. The summed E-state index contributed by atoms with van der Waals surface area (Å²) < 4.78 is 15.8. The van der Waals surface area contributed by atoms with Crippen LogP contribution in [-0.4, -0.2) is 50.4 Å². The van der Waals surface area contributed by atoms with E-state index in [1.807, 2.05) is 0 Å². The van der Waals surface area contributed by atoms with E-state index in [0.717, 1.165) is 24.9 Å². The van der Waals surface area contributed by atoms with Gasteiger partial charge in [0, 0.05) is 43.6 Å². The first-order valence-corrected chi connectivity index (χ1v) is 10.3. The van der Waals surface area contributed by atoms with Gasteiger partial charge < -0.3 is 19.9 Å². The van der Waals surface area contributed by atoms with Gasteiger partial charge in [-0.15, -0.1) is 0 Å². The molecule has 1 saturated heterocycles. The molecule has 3 aromatic heterocycles. The summed E-state index contributed by atoms with van der Waals surface area (Å²) in [4.78, 5) is 27.6. The van der Waals surface area contributed by atoms with Gasteiger partial charge in [0.25, 0.3) is 5.91 Å². The topological polar surface area (TPSA) is 87.5 Å². The predicted octanol–water partition coefficient (Wildman–Crippen LogP) is 2.01. The highest BCUT2D eigenvalue weighted by Gasteiger charge is 2.57. The van der Waals surface area contributed by atoms with Crippen LogP contribution in [0.15, 0.2) is 30.9 Å². The monoisotopic (exact) mass is 407 g/mol. The van der Waals surface area contributed by atoms with Gasteiger partial charge in [0.2, 0.25) is 0 Å². The lowest BCUT2D eigenvalue weighted by Crippen LogP contribution is -2.32. The number of imidazole rings is 1. The van der Waals surface area contributed by atoms with Gasteiger partial charge in [-0.25, -0.2) is 19.3 Å². The van der Waals surface area contributed by atoms with E-state index in [9.17, 15) is 9.18 Å². The summed E-state index contributed by atoms with van der Waals surface area (Å²) >= 11 is 0. The van der Waals surface area contributed by atoms with Crippen molar-refractivity contribution in [1.29, 1.82) is 0 Å². The Morgan fingerprint density at radius 3 is 2.67 bits per heavy atom. The molecule has 4 heterocycles.